The Kier molecular flexibility index (Phi) is 4.06. The number of rotatable bonds is 3. The van der Waals surface area contributed by atoms with Crippen molar-refractivity contribution in [1.82, 2.24) is 10.3 Å². The second-order valence-corrected chi connectivity index (χ2v) is 3.62. The monoisotopic (exact) mass is 247 g/mol. The molecule has 4 nitrogen and oxygen atoms in total. The summed E-state index contributed by atoms with van der Waals surface area (Å²) < 4.78 is 36.7. The molecule has 3 N–H and O–H groups in total. The van der Waals surface area contributed by atoms with Gasteiger partial charge in [0.2, 0.25) is 0 Å². The maximum absolute atomic E-state index is 12.2. The van der Waals surface area contributed by atoms with E-state index in [0.29, 0.717) is 6.20 Å². The highest BCUT2D eigenvalue weighted by atomic mass is 19.4. The second kappa shape index (κ2) is 5.13. The summed E-state index contributed by atoms with van der Waals surface area (Å²) in [6, 6.07) is 1.61. The van der Waals surface area contributed by atoms with Crippen LogP contribution in [0.25, 0.3) is 0 Å². The largest absolute Gasteiger partial charge is 0.417 e. The number of nitrogens with one attached hydrogen (secondary N) is 1. The van der Waals surface area contributed by atoms with Crippen molar-refractivity contribution in [3.63, 3.8) is 0 Å². The van der Waals surface area contributed by atoms with Gasteiger partial charge in [-0.3, -0.25) is 9.78 Å². The maximum atomic E-state index is 12.2. The van der Waals surface area contributed by atoms with E-state index < -0.39 is 17.6 Å². The average Bonchev–Trinajstić information content (AvgIpc) is 2.25. The lowest BCUT2D eigenvalue weighted by molar-refractivity contribution is -0.137. The van der Waals surface area contributed by atoms with Gasteiger partial charge in [0.25, 0.3) is 5.91 Å². The Hall–Kier alpha value is -1.63. The third-order valence-electron chi connectivity index (χ3n) is 1.91. The first-order chi connectivity index (χ1) is 7.80. The number of hydrogen-bond acceptors (Lipinski definition) is 3. The molecule has 1 unspecified atom stereocenters. The molecule has 0 bridgehead atoms. The average molecular weight is 247 g/mol. The van der Waals surface area contributed by atoms with Gasteiger partial charge in [-0.2, -0.15) is 13.2 Å². The molecule has 1 heterocycles. The highest BCUT2D eigenvalue weighted by Crippen LogP contribution is 2.28. The highest BCUT2D eigenvalue weighted by Gasteiger charge is 2.30. The number of amides is 1. The van der Waals surface area contributed by atoms with Gasteiger partial charge in [-0.25, -0.2) is 0 Å². The molecule has 0 aliphatic heterocycles. The lowest BCUT2D eigenvalue weighted by Crippen LogP contribution is -2.35. The molecule has 94 valence electrons. The van der Waals surface area contributed by atoms with Gasteiger partial charge < -0.3 is 11.1 Å². The quantitative estimate of drug-likeness (QED) is 0.842. The Morgan fingerprint density at radius 3 is 2.59 bits per heavy atom. The van der Waals surface area contributed by atoms with Crippen LogP contribution in [0.1, 0.15) is 23.0 Å². The van der Waals surface area contributed by atoms with E-state index in [9.17, 15) is 18.0 Å². The van der Waals surface area contributed by atoms with E-state index in [-0.39, 0.29) is 18.3 Å². The number of aromatic nitrogens is 1. The van der Waals surface area contributed by atoms with E-state index >= 15 is 0 Å². The fourth-order valence-electron chi connectivity index (χ4n) is 1.04. The van der Waals surface area contributed by atoms with E-state index in [1.54, 1.807) is 6.92 Å². The summed E-state index contributed by atoms with van der Waals surface area (Å²) in [5, 5.41) is 2.45. The molecule has 0 saturated carbocycles. The fraction of sp³-hybridized carbons (Fsp3) is 0.400. The van der Waals surface area contributed by atoms with Crippen molar-refractivity contribution in [3.8, 4) is 0 Å². The molecular weight excluding hydrogens is 235 g/mol. The Bertz CT molecular complexity index is 387. The summed E-state index contributed by atoms with van der Waals surface area (Å²) in [6.45, 7) is 1.93. The SMILES string of the molecule is CC(N)CNC(=O)c1ccc(C(F)(F)F)cn1. The normalized spacial score (nSPS) is 13.2. The number of hydrogen-bond donors (Lipinski definition) is 2. The van der Waals surface area contributed by atoms with E-state index in [1.165, 1.54) is 0 Å². The predicted octanol–water partition coefficient (Wildman–Crippen LogP) is 1.18. The Balaban J connectivity index is 2.71. The summed E-state index contributed by atoms with van der Waals surface area (Å²) in [5.41, 5.74) is 4.46. The zero-order valence-corrected chi connectivity index (χ0v) is 9.08. The molecule has 0 aliphatic carbocycles. The Morgan fingerprint density at radius 2 is 2.18 bits per heavy atom. The van der Waals surface area contributed by atoms with Crippen molar-refractivity contribution in [2.45, 2.75) is 19.1 Å². The topological polar surface area (TPSA) is 68.0 Å². The van der Waals surface area contributed by atoms with Crippen LogP contribution >= 0.6 is 0 Å². The number of pyridine rings is 1. The fourth-order valence-corrected chi connectivity index (χ4v) is 1.04. The molecule has 17 heavy (non-hydrogen) atoms. The number of nitrogens with two attached hydrogens (primary N) is 1. The van der Waals surface area contributed by atoms with Crippen LogP contribution in [0.3, 0.4) is 0 Å². The summed E-state index contributed by atoms with van der Waals surface area (Å²) in [7, 11) is 0. The minimum Gasteiger partial charge on any atom is -0.349 e. The minimum atomic E-state index is -4.45. The standard InChI is InChI=1S/C10H12F3N3O/c1-6(14)4-16-9(17)8-3-2-7(5-15-8)10(11,12)13/h2-3,5-6H,4,14H2,1H3,(H,16,17). The third-order valence-corrected chi connectivity index (χ3v) is 1.91. The van der Waals surface area contributed by atoms with Crippen molar-refractivity contribution >= 4 is 5.91 Å². The number of nitrogens with zero attached hydrogens (tertiary/aromatic N) is 1. The van der Waals surface area contributed by atoms with Gasteiger partial charge >= 0.3 is 6.18 Å². The van der Waals surface area contributed by atoms with Gasteiger partial charge in [0.1, 0.15) is 5.69 Å². The van der Waals surface area contributed by atoms with Crippen molar-refractivity contribution in [2.75, 3.05) is 6.54 Å². The zero-order chi connectivity index (χ0) is 13.1. The molecule has 1 rings (SSSR count). The molecule has 1 atom stereocenters. The van der Waals surface area contributed by atoms with Gasteiger partial charge in [-0.05, 0) is 19.1 Å². The van der Waals surface area contributed by atoms with Crippen molar-refractivity contribution in [3.05, 3.63) is 29.6 Å². The summed E-state index contributed by atoms with van der Waals surface area (Å²) >= 11 is 0. The van der Waals surface area contributed by atoms with Crippen LogP contribution in [0, 0.1) is 0 Å². The van der Waals surface area contributed by atoms with Crippen LogP contribution in [0.15, 0.2) is 18.3 Å². The van der Waals surface area contributed by atoms with Crippen LogP contribution in [-0.2, 0) is 6.18 Å². The molecule has 7 heteroatoms. The van der Waals surface area contributed by atoms with Crippen LogP contribution in [0.2, 0.25) is 0 Å². The first-order valence-corrected chi connectivity index (χ1v) is 4.87. The van der Waals surface area contributed by atoms with Gasteiger partial charge in [0, 0.05) is 18.8 Å². The second-order valence-electron chi connectivity index (χ2n) is 3.62. The number of carbonyl (C=O) groups excluding carboxylic acids is 1. The third kappa shape index (κ3) is 4.03. The molecule has 0 spiro atoms. The van der Waals surface area contributed by atoms with Crippen LogP contribution in [0.4, 0.5) is 13.2 Å². The van der Waals surface area contributed by atoms with E-state index in [0.717, 1.165) is 12.1 Å². The first kappa shape index (κ1) is 13.4. The number of alkyl halides is 3. The van der Waals surface area contributed by atoms with Crippen molar-refractivity contribution in [1.29, 1.82) is 0 Å². The lowest BCUT2D eigenvalue weighted by atomic mass is 10.2. The smallest absolute Gasteiger partial charge is 0.349 e. The Labute approximate surface area is 96.0 Å². The van der Waals surface area contributed by atoms with Crippen molar-refractivity contribution < 1.29 is 18.0 Å². The predicted molar refractivity (Wildman–Crippen MR) is 55.2 cm³/mol. The minimum absolute atomic E-state index is 0.0707. The van der Waals surface area contributed by atoms with Gasteiger partial charge in [0.15, 0.2) is 0 Å². The number of carbonyl (C=O) groups is 1. The van der Waals surface area contributed by atoms with Crippen LogP contribution in [0.5, 0.6) is 0 Å². The van der Waals surface area contributed by atoms with Crippen molar-refractivity contribution in [2.24, 2.45) is 5.73 Å². The van der Waals surface area contributed by atoms with Crippen LogP contribution < -0.4 is 11.1 Å². The number of halogens is 3. The molecule has 0 fully saturated rings. The molecular formula is C10H12F3N3O. The maximum Gasteiger partial charge on any atom is 0.417 e. The summed E-state index contributed by atoms with van der Waals surface area (Å²) in [4.78, 5) is 14.8. The molecule has 1 amide bonds. The Morgan fingerprint density at radius 1 is 1.53 bits per heavy atom. The van der Waals surface area contributed by atoms with Gasteiger partial charge in [0.05, 0.1) is 5.56 Å². The summed E-state index contributed by atoms with van der Waals surface area (Å²) in [6.07, 6.45) is -3.82. The highest BCUT2D eigenvalue weighted by molar-refractivity contribution is 5.92. The molecule has 0 aliphatic rings. The van der Waals surface area contributed by atoms with E-state index in [4.69, 9.17) is 5.73 Å². The van der Waals surface area contributed by atoms with Gasteiger partial charge in [-0.15, -0.1) is 0 Å². The molecule has 0 aromatic carbocycles. The molecule has 0 saturated heterocycles. The molecule has 0 radical (unpaired) electrons. The lowest BCUT2D eigenvalue weighted by Gasteiger charge is -2.08. The first-order valence-electron chi connectivity index (χ1n) is 4.87. The molecule has 1 aromatic rings. The van der Waals surface area contributed by atoms with E-state index in [2.05, 4.69) is 10.3 Å². The van der Waals surface area contributed by atoms with Gasteiger partial charge in [-0.1, -0.05) is 0 Å². The van der Waals surface area contributed by atoms with Crippen LogP contribution in [-0.4, -0.2) is 23.5 Å². The summed E-state index contributed by atoms with van der Waals surface area (Å²) in [5.74, 6) is -0.545. The van der Waals surface area contributed by atoms with E-state index in [1.807, 2.05) is 0 Å². The zero-order valence-electron chi connectivity index (χ0n) is 9.08. The molecule has 1 aromatic heterocycles.